The van der Waals surface area contributed by atoms with Crippen molar-refractivity contribution in [2.24, 2.45) is 0 Å². The summed E-state index contributed by atoms with van der Waals surface area (Å²) < 4.78 is 5.08. The molecule has 3 nitrogen and oxygen atoms in total. The maximum atomic E-state index is 12.3. The largest absolute Gasteiger partial charge is 0.468 e. The molecule has 2 saturated carbocycles. The second-order valence-electron chi connectivity index (χ2n) is 6.24. The minimum Gasteiger partial charge on any atom is -0.468 e. The second kappa shape index (κ2) is 6.01. The van der Waals surface area contributed by atoms with Crippen LogP contribution >= 0.6 is 11.8 Å². The first-order valence-corrected chi connectivity index (χ1v) is 8.59. The van der Waals surface area contributed by atoms with E-state index in [9.17, 15) is 4.79 Å². The number of hydrogen-bond donors (Lipinski definition) is 1. The molecule has 0 amide bonds. The van der Waals surface area contributed by atoms with E-state index >= 15 is 0 Å². The zero-order chi connectivity index (χ0) is 14.9. The third-order valence-corrected chi connectivity index (χ3v) is 5.94. The number of thioether (sulfide) groups is 1. The SMILES string of the molecule is COC(=O)C1(NC2CC2)CCC(Sc2ccccc2C)C1. The molecule has 0 spiro atoms. The lowest BCUT2D eigenvalue weighted by Crippen LogP contribution is -2.52. The molecule has 0 saturated heterocycles. The van der Waals surface area contributed by atoms with E-state index in [0.29, 0.717) is 11.3 Å². The van der Waals surface area contributed by atoms with E-state index in [1.54, 1.807) is 0 Å². The van der Waals surface area contributed by atoms with Crippen molar-refractivity contribution in [2.45, 2.75) is 60.8 Å². The highest BCUT2D eigenvalue weighted by molar-refractivity contribution is 8.00. The summed E-state index contributed by atoms with van der Waals surface area (Å²) in [4.78, 5) is 13.6. The third kappa shape index (κ3) is 3.27. The van der Waals surface area contributed by atoms with Crippen LogP contribution in [-0.4, -0.2) is 29.9 Å². The van der Waals surface area contributed by atoms with Crippen molar-refractivity contribution in [3.05, 3.63) is 29.8 Å². The molecule has 1 N–H and O–H groups in total. The van der Waals surface area contributed by atoms with Crippen LogP contribution in [0.25, 0.3) is 0 Å². The van der Waals surface area contributed by atoms with Gasteiger partial charge in [-0.15, -0.1) is 11.8 Å². The van der Waals surface area contributed by atoms with Crippen molar-refractivity contribution in [3.8, 4) is 0 Å². The van der Waals surface area contributed by atoms with Crippen LogP contribution in [0.4, 0.5) is 0 Å². The van der Waals surface area contributed by atoms with Crippen LogP contribution in [-0.2, 0) is 9.53 Å². The Morgan fingerprint density at radius 3 is 2.76 bits per heavy atom. The molecule has 2 aliphatic carbocycles. The number of hydrogen-bond acceptors (Lipinski definition) is 4. The second-order valence-corrected chi connectivity index (χ2v) is 7.58. The standard InChI is InChI=1S/C17H23NO2S/c1-12-5-3-4-6-15(12)21-14-9-10-17(11-14,16(19)20-2)18-13-7-8-13/h3-6,13-14,18H,7-11H2,1-2H3. The smallest absolute Gasteiger partial charge is 0.326 e. The van der Waals surface area contributed by atoms with Gasteiger partial charge in [-0.05, 0) is 50.7 Å². The maximum Gasteiger partial charge on any atom is 0.326 e. The lowest BCUT2D eigenvalue weighted by molar-refractivity contribution is -0.148. The van der Waals surface area contributed by atoms with Crippen LogP contribution in [0.15, 0.2) is 29.2 Å². The molecule has 1 aromatic carbocycles. The van der Waals surface area contributed by atoms with E-state index in [-0.39, 0.29) is 5.97 Å². The van der Waals surface area contributed by atoms with E-state index < -0.39 is 5.54 Å². The summed E-state index contributed by atoms with van der Waals surface area (Å²) in [5, 5.41) is 4.04. The minimum absolute atomic E-state index is 0.0812. The van der Waals surface area contributed by atoms with Gasteiger partial charge >= 0.3 is 5.97 Å². The van der Waals surface area contributed by atoms with Gasteiger partial charge in [0.2, 0.25) is 0 Å². The molecular formula is C17H23NO2S. The van der Waals surface area contributed by atoms with Crippen LogP contribution in [0.5, 0.6) is 0 Å². The van der Waals surface area contributed by atoms with E-state index in [2.05, 4.69) is 36.5 Å². The number of carbonyl (C=O) groups is 1. The summed E-state index contributed by atoms with van der Waals surface area (Å²) in [6.07, 6.45) is 5.20. The van der Waals surface area contributed by atoms with E-state index in [1.165, 1.54) is 30.4 Å². The van der Waals surface area contributed by atoms with Crippen LogP contribution in [0, 0.1) is 6.92 Å². The lowest BCUT2D eigenvalue weighted by Gasteiger charge is -2.28. The number of nitrogens with one attached hydrogen (secondary N) is 1. The molecule has 1 aromatic rings. The summed E-state index contributed by atoms with van der Waals surface area (Å²) >= 11 is 1.91. The monoisotopic (exact) mass is 305 g/mol. The molecule has 0 aliphatic heterocycles. The van der Waals surface area contributed by atoms with Crippen LogP contribution in [0.3, 0.4) is 0 Å². The fourth-order valence-corrected chi connectivity index (χ4v) is 4.53. The zero-order valence-electron chi connectivity index (χ0n) is 12.7. The van der Waals surface area contributed by atoms with Gasteiger partial charge in [-0.3, -0.25) is 10.1 Å². The molecule has 0 bridgehead atoms. The van der Waals surface area contributed by atoms with E-state index in [1.807, 2.05) is 11.8 Å². The Kier molecular flexibility index (Phi) is 4.27. The van der Waals surface area contributed by atoms with Gasteiger partial charge in [0.1, 0.15) is 5.54 Å². The molecule has 21 heavy (non-hydrogen) atoms. The fraction of sp³-hybridized carbons (Fsp3) is 0.588. The summed E-state index contributed by atoms with van der Waals surface area (Å²) in [7, 11) is 1.50. The highest BCUT2D eigenvalue weighted by Gasteiger charge is 2.49. The van der Waals surface area contributed by atoms with E-state index in [4.69, 9.17) is 4.74 Å². The predicted molar refractivity (Wildman–Crippen MR) is 85.6 cm³/mol. The van der Waals surface area contributed by atoms with Gasteiger partial charge in [-0.1, -0.05) is 18.2 Å². The van der Waals surface area contributed by atoms with Gasteiger partial charge in [-0.2, -0.15) is 0 Å². The molecule has 0 aromatic heterocycles. The minimum atomic E-state index is -0.448. The van der Waals surface area contributed by atoms with Crippen molar-refractivity contribution in [3.63, 3.8) is 0 Å². The average Bonchev–Trinajstić information content (AvgIpc) is 3.20. The van der Waals surface area contributed by atoms with Crippen LogP contribution in [0.2, 0.25) is 0 Å². The molecule has 3 rings (SSSR count). The van der Waals surface area contributed by atoms with Gasteiger partial charge in [-0.25, -0.2) is 0 Å². The number of ether oxygens (including phenoxy) is 1. The molecule has 4 heteroatoms. The Morgan fingerprint density at radius 2 is 2.10 bits per heavy atom. The number of carbonyl (C=O) groups excluding carboxylic acids is 1. The van der Waals surface area contributed by atoms with Gasteiger partial charge in [0.15, 0.2) is 0 Å². The Hall–Kier alpha value is -1.00. The molecule has 114 valence electrons. The van der Waals surface area contributed by atoms with Crippen molar-refractivity contribution in [1.82, 2.24) is 5.32 Å². The Bertz CT molecular complexity index is 529. The summed E-state index contributed by atoms with van der Waals surface area (Å²) in [6, 6.07) is 8.99. The Morgan fingerprint density at radius 1 is 1.33 bits per heavy atom. The highest BCUT2D eigenvalue weighted by Crippen LogP contribution is 2.43. The van der Waals surface area contributed by atoms with Crippen molar-refractivity contribution in [1.29, 1.82) is 0 Å². The van der Waals surface area contributed by atoms with Gasteiger partial charge in [0, 0.05) is 16.2 Å². The first kappa shape index (κ1) is 14.9. The van der Waals surface area contributed by atoms with Gasteiger partial charge < -0.3 is 4.74 Å². The summed E-state index contributed by atoms with van der Waals surface area (Å²) in [5.41, 5.74) is 0.865. The first-order valence-electron chi connectivity index (χ1n) is 7.71. The molecule has 2 aliphatic rings. The number of benzene rings is 1. The maximum absolute atomic E-state index is 12.3. The molecule has 2 unspecified atom stereocenters. The quantitative estimate of drug-likeness (QED) is 0.847. The van der Waals surface area contributed by atoms with Gasteiger partial charge in [0.05, 0.1) is 7.11 Å². The Balaban J connectivity index is 1.70. The summed E-state index contributed by atoms with van der Waals surface area (Å²) in [6.45, 7) is 2.15. The number of aryl methyl sites for hydroxylation is 1. The lowest BCUT2D eigenvalue weighted by atomic mass is 9.97. The predicted octanol–water partition coefficient (Wildman–Crippen LogP) is 3.30. The zero-order valence-corrected chi connectivity index (χ0v) is 13.5. The normalized spacial score (nSPS) is 28.6. The molecular weight excluding hydrogens is 282 g/mol. The molecule has 2 fully saturated rings. The van der Waals surface area contributed by atoms with Crippen molar-refractivity contribution < 1.29 is 9.53 Å². The van der Waals surface area contributed by atoms with Crippen LogP contribution < -0.4 is 5.32 Å². The first-order chi connectivity index (χ1) is 10.1. The number of esters is 1. The molecule has 0 heterocycles. The van der Waals surface area contributed by atoms with Crippen molar-refractivity contribution >= 4 is 17.7 Å². The van der Waals surface area contributed by atoms with E-state index in [0.717, 1.165) is 19.3 Å². The number of rotatable bonds is 5. The fourth-order valence-electron chi connectivity index (χ4n) is 3.16. The average molecular weight is 305 g/mol. The van der Waals surface area contributed by atoms with Gasteiger partial charge in [0.25, 0.3) is 0 Å². The number of methoxy groups -OCH3 is 1. The topological polar surface area (TPSA) is 38.3 Å². The third-order valence-electron chi connectivity index (χ3n) is 4.49. The van der Waals surface area contributed by atoms with Crippen molar-refractivity contribution in [2.75, 3.05) is 7.11 Å². The van der Waals surface area contributed by atoms with Crippen LogP contribution in [0.1, 0.15) is 37.7 Å². The molecule has 2 atom stereocenters. The summed E-state index contributed by atoms with van der Waals surface area (Å²) in [5.74, 6) is -0.0812. The highest BCUT2D eigenvalue weighted by atomic mass is 32.2. The Labute approximate surface area is 130 Å². The molecule has 0 radical (unpaired) electrons.